The van der Waals surface area contributed by atoms with E-state index in [9.17, 15) is 14.4 Å². The zero-order valence-corrected chi connectivity index (χ0v) is 18.8. The van der Waals surface area contributed by atoms with Crippen LogP contribution in [0.3, 0.4) is 0 Å². The number of carbonyl (C=O) groups excluding carboxylic acids is 1. The van der Waals surface area contributed by atoms with Gasteiger partial charge in [-0.3, -0.25) is 14.4 Å². The number of aromatic nitrogens is 4. The number of methoxy groups -OCH3 is 1. The summed E-state index contributed by atoms with van der Waals surface area (Å²) in [5, 5.41) is 11.6. The van der Waals surface area contributed by atoms with Crippen molar-refractivity contribution in [2.24, 2.45) is 0 Å². The highest BCUT2D eigenvalue weighted by molar-refractivity contribution is 5.79. The number of rotatable bonds is 7. The van der Waals surface area contributed by atoms with Crippen molar-refractivity contribution in [1.29, 1.82) is 0 Å². The van der Waals surface area contributed by atoms with Gasteiger partial charge < -0.3 is 10.1 Å². The van der Waals surface area contributed by atoms with Crippen molar-refractivity contribution in [2.75, 3.05) is 13.7 Å². The Morgan fingerprint density at radius 1 is 1.06 bits per heavy atom. The molecule has 1 unspecified atom stereocenters. The zero-order chi connectivity index (χ0) is 23.4. The van der Waals surface area contributed by atoms with Crippen LogP contribution in [0, 0.1) is 0 Å². The number of nitrogens with zero attached hydrogens (tertiary/aromatic N) is 4. The Morgan fingerprint density at radius 2 is 1.82 bits per heavy atom. The quantitative estimate of drug-likeness (QED) is 0.589. The van der Waals surface area contributed by atoms with Crippen LogP contribution in [-0.2, 0) is 24.2 Å². The van der Waals surface area contributed by atoms with Crippen LogP contribution >= 0.6 is 0 Å². The molecule has 1 N–H and O–H groups in total. The van der Waals surface area contributed by atoms with Gasteiger partial charge in [-0.05, 0) is 68.5 Å². The molecule has 0 saturated carbocycles. The first-order valence-corrected chi connectivity index (χ1v) is 11.1. The Hall–Kier alpha value is -3.75. The number of carbonyl (C=O) groups is 1. The van der Waals surface area contributed by atoms with Crippen LogP contribution in [0.5, 0.6) is 5.75 Å². The van der Waals surface area contributed by atoms with Crippen molar-refractivity contribution in [1.82, 2.24) is 24.9 Å². The maximum atomic E-state index is 12.7. The second kappa shape index (κ2) is 9.81. The number of nitrogens with one attached hydrogen (secondary N) is 1. The monoisotopic (exact) mass is 449 g/mol. The lowest BCUT2D eigenvalue weighted by Gasteiger charge is -2.17. The summed E-state index contributed by atoms with van der Waals surface area (Å²) in [5.41, 5.74) is 2.83. The molecule has 0 bridgehead atoms. The maximum Gasteiger partial charge on any atom is 0.267 e. The van der Waals surface area contributed by atoms with Gasteiger partial charge >= 0.3 is 0 Å². The second-order valence-electron chi connectivity index (χ2n) is 8.08. The van der Waals surface area contributed by atoms with Crippen LogP contribution in [-0.4, -0.2) is 39.1 Å². The second-order valence-corrected chi connectivity index (χ2v) is 8.08. The molecule has 0 radical (unpaired) electrons. The maximum absolute atomic E-state index is 12.7. The predicted octanol–water partition coefficient (Wildman–Crippen LogP) is 1.73. The van der Waals surface area contributed by atoms with Gasteiger partial charge in [0.1, 0.15) is 11.8 Å². The van der Waals surface area contributed by atoms with Crippen LogP contribution in [0.4, 0.5) is 0 Å². The molecule has 0 spiro atoms. The third-order valence-corrected chi connectivity index (χ3v) is 5.85. The van der Waals surface area contributed by atoms with E-state index >= 15 is 0 Å². The summed E-state index contributed by atoms with van der Waals surface area (Å²) in [4.78, 5) is 37.4. The number of benzene rings is 1. The van der Waals surface area contributed by atoms with Gasteiger partial charge in [-0.1, -0.05) is 0 Å². The van der Waals surface area contributed by atoms with Gasteiger partial charge in [-0.25, -0.2) is 9.36 Å². The van der Waals surface area contributed by atoms with E-state index in [1.807, 2.05) is 12.1 Å². The van der Waals surface area contributed by atoms with Crippen LogP contribution in [0.15, 0.2) is 52.1 Å². The molecular weight excluding hydrogens is 422 g/mol. The van der Waals surface area contributed by atoms with E-state index in [4.69, 9.17) is 4.74 Å². The highest BCUT2D eigenvalue weighted by Crippen LogP contribution is 2.20. The summed E-state index contributed by atoms with van der Waals surface area (Å²) in [6, 6.07) is 11.1. The summed E-state index contributed by atoms with van der Waals surface area (Å²) in [6.45, 7) is 2.10. The molecule has 2 aromatic heterocycles. The van der Waals surface area contributed by atoms with Gasteiger partial charge in [-0.2, -0.15) is 10.2 Å². The molecule has 2 heterocycles. The van der Waals surface area contributed by atoms with Gasteiger partial charge in [0.15, 0.2) is 0 Å². The number of fused-ring (bicyclic) bond motifs is 1. The van der Waals surface area contributed by atoms with Crippen molar-refractivity contribution in [3.8, 4) is 17.0 Å². The van der Waals surface area contributed by atoms with E-state index in [1.54, 1.807) is 38.3 Å². The molecule has 1 aliphatic rings. The molecule has 0 fully saturated rings. The molecule has 9 heteroatoms. The van der Waals surface area contributed by atoms with E-state index in [-0.39, 0.29) is 30.1 Å². The third kappa shape index (κ3) is 5.02. The molecule has 33 heavy (non-hydrogen) atoms. The smallest absolute Gasteiger partial charge is 0.267 e. The van der Waals surface area contributed by atoms with Gasteiger partial charge in [0.2, 0.25) is 5.91 Å². The lowest BCUT2D eigenvalue weighted by molar-refractivity contribution is -0.124. The highest BCUT2D eigenvalue weighted by atomic mass is 16.5. The van der Waals surface area contributed by atoms with Crippen LogP contribution in [0.1, 0.15) is 37.1 Å². The van der Waals surface area contributed by atoms with Gasteiger partial charge in [0, 0.05) is 24.2 Å². The van der Waals surface area contributed by atoms with E-state index in [2.05, 4.69) is 15.5 Å². The lowest BCUT2D eigenvalue weighted by Crippen LogP contribution is -2.39. The Kier molecular flexibility index (Phi) is 6.67. The summed E-state index contributed by atoms with van der Waals surface area (Å²) in [7, 11) is 1.59. The number of aryl methyl sites for hydroxylation is 2. The molecule has 0 aliphatic heterocycles. The standard InChI is InChI=1S/C24H27N5O4/c1-16(29-22(30)12-11-21(27-29)17-7-9-19(33-2)10-8-17)24(32)25-13-14-28-23(31)15-18-5-3-4-6-20(18)26-28/h7-12,15-16H,3-6,13-14H2,1-2H3,(H,25,32). The van der Waals surface area contributed by atoms with E-state index < -0.39 is 6.04 Å². The van der Waals surface area contributed by atoms with E-state index in [0.29, 0.717) is 11.4 Å². The van der Waals surface area contributed by atoms with Crippen LogP contribution in [0.25, 0.3) is 11.3 Å². The number of amides is 1. The molecule has 1 aromatic carbocycles. The van der Waals surface area contributed by atoms with Crippen molar-refractivity contribution in [3.63, 3.8) is 0 Å². The summed E-state index contributed by atoms with van der Waals surface area (Å²) in [5.74, 6) is 0.356. The first-order chi connectivity index (χ1) is 16.0. The lowest BCUT2D eigenvalue weighted by atomic mass is 9.97. The van der Waals surface area contributed by atoms with E-state index in [1.165, 1.54) is 10.7 Å². The molecule has 3 aromatic rings. The topological polar surface area (TPSA) is 108 Å². The van der Waals surface area contributed by atoms with Crippen LogP contribution < -0.4 is 21.2 Å². The first-order valence-electron chi connectivity index (χ1n) is 11.1. The van der Waals surface area contributed by atoms with Gasteiger partial charge in [-0.15, -0.1) is 0 Å². The fourth-order valence-corrected chi connectivity index (χ4v) is 3.92. The van der Waals surface area contributed by atoms with Crippen molar-refractivity contribution in [3.05, 3.63) is 74.4 Å². The minimum atomic E-state index is -0.816. The average Bonchev–Trinajstić information content (AvgIpc) is 2.84. The van der Waals surface area contributed by atoms with Gasteiger partial charge in [0.05, 0.1) is 25.0 Å². The number of hydrogen-bond donors (Lipinski definition) is 1. The molecular formula is C24H27N5O4. The Labute approximate surface area is 191 Å². The molecule has 4 rings (SSSR count). The molecule has 0 saturated heterocycles. The summed E-state index contributed by atoms with van der Waals surface area (Å²) < 4.78 is 7.72. The molecule has 1 aliphatic carbocycles. The molecule has 1 amide bonds. The zero-order valence-electron chi connectivity index (χ0n) is 18.8. The van der Waals surface area contributed by atoms with Gasteiger partial charge in [0.25, 0.3) is 11.1 Å². The number of ether oxygens (including phenoxy) is 1. The Balaban J connectivity index is 1.43. The Morgan fingerprint density at radius 3 is 2.58 bits per heavy atom. The van der Waals surface area contributed by atoms with E-state index in [0.717, 1.165) is 47.2 Å². The summed E-state index contributed by atoms with van der Waals surface area (Å²) in [6.07, 6.45) is 3.92. The number of hydrogen-bond acceptors (Lipinski definition) is 6. The first kappa shape index (κ1) is 22.4. The van der Waals surface area contributed by atoms with Crippen molar-refractivity contribution >= 4 is 5.91 Å². The molecule has 172 valence electrons. The molecule has 9 nitrogen and oxygen atoms in total. The average molecular weight is 450 g/mol. The predicted molar refractivity (Wildman–Crippen MR) is 123 cm³/mol. The fraction of sp³-hybridized carbons (Fsp3) is 0.375. The Bertz CT molecular complexity index is 1260. The summed E-state index contributed by atoms with van der Waals surface area (Å²) >= 11 is 0. The third-order valence-electron chi connectivity index (χ3n) is 5.85. The van der Waals surface area contributed by atoms with Crippen molar-refractivity contribution < 1.29 is 9.53 Å². The van der Waals surface area contributed by atoms with Crippen molar-refractivity contribution in [2.45, 2.75) is 45.2 Å². The minimum Gasteiger partial charge on any atom is -0.497 e. The fourth-order valence-electron chi connectivity index (χ4n) is 3.92. The normalized spacial score (nSPS) is 13.8. The SMILES string of the molecule is COc1ccc(-c2ccc(=O)n(C(C)C(=O)NCCn3nc4c(cc3=O)CCCC4)n2)cc1. The minimum absolute atomic E-state index is 0.164. The largest absolute Gasteiger partial charge is 0.497 e. The van der Waals surface area contributed by atoms with Crippen LogP contribution in [0.2, 0.25) is 0 Å². The molecule has 1 atom stereocenters. The highest BCUT2D eigenvalue weighted by Gasteiger charge is 2.18.